The summed E-state index contributed by atoms with van der Waals surface area (Å²) in [5.41, 5.74) is 5.37. The zero-order valence-corrected chi connectivity index (χ0v) is 15.3. The molecule has 1 rings (SSSR count). The third-order valence-corrected chi connectivity index (χ3v) is 5.12. The molecular formula is C16H27N3O3S. The fraction of sp³-hybridized carbons (Fsp3) is 0.562. The van der Waals surface area contributed by atoms with Gasteiger partial charge in [0.15, 0.2) is 0 Å². The van der Waals surface area contributed by atoms with Crippen molar-refractivity contribution in [2.75, 3.05) is 20.6 Å². The van der Waals surface area contributed by atoms with Crippen molar-refractivity contribution in [3.63, 3.8) is 0 Å². The smallest absolute Gasteiger partial charge is 0.253 e. The first-order chi connectivity index (χ1) is 10.5. The minimum absolute atomic E-state index is 0.0635. The van der Waals surface area contributed by atoms with Crippen LogP contribution in [-0.2, 0) is 10.0 Å². The van der Waals surface area contributed by atoms with Gasteiger partial charge in [0.2, 0.25) is 10.0 Å². The molecule has 130 valence electrons. The van der Waals surface area contributed by atoms with Gasteiger partial charge in [0, 0.05) is 31.7 Å². The molecule has 0 saturated heterocycles. The van der Waals surface area contributed by atoms with E-state index < -0.39 is 15.6 Å². The second kappa shape index (κ2) is 7.42. The summed E-state index contributed by atoms with van der Waals surface area (Å²) >= 11 is 0. The number of rotatable bonds is 7. The lowest BCUT2D eigenvalue weighted by Gasteiger charge is -2.30. The van der Waals surface area contributed by atoms with Gasteiger partial charge in [-0.25, -0.2) is 13.1 Å². The second-order valence-electron chi connectivity index (χ2n) is 6.70. The van der Waals surface area contributed by atoms with Gasteiger partial charge in [-0.05, 0) is 37.5 Å². The Labute approximate surface area is 139 Å². The summed E-state index contributed by atoms with van der Waals surface area (Å²) in [7, 11) is -0.516. The van der Waals surface area contributed by atoms with Crippen molar-refractivity contribution >= 4 is 15.9 Å². The second-order valence-corrected chi connectivity index (χ2v) is 8.38. The van der Waals surface area contributed by atoms with Gasteiger partial charge in [0.1, 0.15) is 0 Å². The third kappa shape index (κ3) is 5.30. The first kappa shape index (κ1) is 19.6. The van der Waals surface area contributed by atoms with Crippen molar-refractivity contribution in [3.8, 4) is 0 Å². The molecule has 1 aromatic rings. The molecule has 0 fully saturated rings. The molecule has 1 amide bonds. The Bertz CT molecular complexity index is 656. The summed E-state index contributed by atoms with van der Waals surface area (Å²) in [6.07, 6.45) is 0.624. The molecule has 3 N–H and O–H groups in total. The molecule has 0 heterocycles. The largest absolute Gasteiger partial charge is 0.345 e. The molecule has 1 unspecified atom stereocenters. The molecule has 0 aliphatic carbocycles. The number of hydrogen-bond acceptors (Lipinski definition) is 4. The highest BCUT2D eigenvalue weighted by Gasteiger charge is 2.30. The summed E-state index contributed by atoms with van der Waals surface area (Å²) in [6.45, 7) is 6.01. The molecule has 1 atom stereocenters. The molecule has 0 bridgehead atoms. The number of nitrogens with one attached hydrogen (secondary N) is 1. The average molecular weight is 341 g/mol. The number of benzene rings is 1. The quantitative estimate of drug-likeness (QED) is 0.785. The van der Waals surface area contributed by atoms with E-state index in [0.29, 0.717) is 17.9 Å². The van der Waals surface area contributed by atoms with E-state index in [-0.39, 0.29) is 17.3 Å². The van der Waals surface area contributed by atoms with Gasteiger partial charge < -0.3 is 10.6 Å². The molecule has 0 aromatic heterocycles. The highest BCUT2D eigenvalue weighted by atomic mass is 32.2. The molecule has 23 heavy (non-hydrogen) atoms. The van der Waals surface area contributed by atoms with Gasteiger partial charge in [-0.15, -0.1) is 0 Å². The van der Waals surface area contributed by atoms with Crippen LogP contribution < -0.4 is 10.5 Å². The van der Waals surface area contributed by atoms with Crippen molar-refractivity contribution in [2.24, 2.45) is 11.7 Å². The lowest BCUT2D eigenvalue weighted by Crippen LogP contribution is -2.52. The van der Waals surface area contributed by atoms with E-state index in [1.54, 1.807) is 33.2 Å². The van der Waals surface area contributed by atoms with Crippen molar-refractivity contribution in [1.82, 2.24) is 9.62 Å². The van der Waals surface area contributed by atoms with Crippen LogP contribution in [0.1, 0.15) is 37.6 Å². The predicted octanol–water partition coefficient (Wildman–Crippen LogP) is 1.43. The number of amides is 1. The van der Waals surface area contributed by atoms with Crippen LogP contribution in [0.4, 0.5) is 0 Å². The first-order valence-corrected chi connectivity index (χ1v) is 9.05. The van der Waals surface area contributed by atoms with Crippen molar-refractivity contribution in [1.29, 1.82) is 0 Å². The van der Waals surface area contributed by atoms with Crippen LogP contribution in [0, 0.1) is 5.92 Å². The van der Waals surface area contributed by atoms with Crippen LogP contribution in [-0.4, -0.2) is 45.4 Å². The summed E-state index contributed by atoms with van der Waals surface area (Å²) in [6, 6.07) is 6.02. The Morgan fingerprint density at radius 1 is 1.35 bits per heavy atom. The highest BCUT2D eigenvalue weighted by molar-refractivity contribution is 7.89. The van der Waals surface area contributed by atoms with Crippen LogP contribution in [0.3, 0.4) is 0 Å². The number of carbonyl (C=O) groups excluding carboxylic acids is 1. The number of hydrogen-bond donors (Lipinski definition) is 2. The standard InChI is InChI=1S/C16H27N3O3S/c1-12(2)10-16(3,11-17)18-23(21,22)14-8-6-7-13(9-14)15(20)19(4)5/h6-9,12,18H,10-11,17H2,1-5H3. The number of nitrogens with zero attached hydrogens (tertiary/aromatic N) is 1. The molecular weight excluding hydrogens is 314 g/mol. The van der Waals surface area contributed by atoms with Crippen LogP contribution >= 0.6 is 0 Å². The van der Waals surface area contributed by atoms with Crippen molar-refractivity contribution in [2.45, 2.75) is 37.6 Å². The van der Waals surface area contributed by atoms with E-state index in [1.165, 1.54) is 17.0 Å². The molecule has 0 spiro atoms. The lowest BCUT2D eigenvalue weighted by molar-refractivity contribution is 0.0827. The predicted molar refractivity (Wildman–Crippen MR) is 91.7 cm³/mol. The SMILES string of the molecule is CC(C)CC(C)(CN)NS(=O)(=O)c1cccc(C(=O)N(C)C)c1. The Balaban J connectivity index is 3.14. The third-order valence-electron chi connectivity index (χ3n) is 3.49. The maximum absolute atomic E-state index is 12.6. The summed E-state index contributed by atoms with van der Waals surface area (Å²) in [5.74, 6) is 0.0544. The van der Waals surface area contributed by atoms with Crippen LogP contribution in [0.2, 0.25) is 0 Å². The van der Waals surface area contributed by atoms with E-state index in [2.05, 4.69) is 4.72 Å². The number of sulfonamides is 1. The van der Waals surface area contributed by atoms with Crippen LogP contribution in [0.5, 0.6) is 0 Å². The minimum Gasteiger partial charge on any atom is -0.345 e. The normalized spacial score (nSPS) is 14.6. The molecule has 0 saturated carbocycles. The van der Waals surface area contributed by atoms with Gasteiger partial charge in [0.25, 0.3) is 5.91 Å². The Morgan fingerprint density at radius 2 is 1.96 bits per heavy atom. The van der Waals surface area contributed by atoms with E-state index in [1.807, 2.05) is 13.8 Å². The van der Waals surface area contributed by atoms with E-state index >= 15 is 0 Å². The maximum atomic E-state index is 12.6. The van der Waals surface area contributed by atoms with Crippen molar-refractivity contribution < 1.29 is 13.2 Å². The lowest BCUT2D eigenvalue weighted by atomic mass is 9.92. The molecule has 0 aliphatic rings. The monoisotopic (exact) mass is 341 g/mol. The average Bonchev–Trinajstić information content (AvgIpc) is 2.45. The Kier molecular flexibility index (Phi) is 6.33. The fourth-order valence-electron chi connectivity index (χ4n) is 2.51. The number of nitrogens with two attached hydrogens (primary N) is 1. The van der Waals surface area contributed by atoms with E-state index in [0.717, 1.165) is 0 Å². The number of carbonyl (C=O) groups is 1. The zero-order chi connectivity index (χ0) is 17.8. The summed E-state index contributed by atoms with van der Waals surface area (Å²) in [5, 5.41) is 0. The van der Waals surface area contributed by atoms with E-state index in [9.17, 15) is 13.2 Å². The molecule has 0 aliphatic heterocycles. The van der Waals surface area contributed by atoms with Gasteiger partial charge in [-0.1, -0.05) is 19.9 Å². The summed E-state index contributed by atoms with van der Waals surface area (Å²) in [4.78, 5) is 13.5. The Hall–Kier alpha value is -1.44. The van der Waals surface area contributed by atoms with Gasteiger partial charge in [-0.2, -0.15) is 0 Å². The van der Waals surface area contributed by atoms with Crippen LogP contribution in [0.15, 0.2) is 29.2 Å². The fourth-order valence-corrected chi connectivity index (χ4v) is 3.98. The zero-order valence-electron chi connectivity index (χ0n) is 14.5. The molecule has 6 nitrogen and oxygen atoms in total. The molecule has 1 aromatic carbocycles. The topological polar surface area (TPSA) is 92.5 Å². The van der Waals surface area contributed by atoms with Crippen molar-refractivity contribution in [3.05, 3.63) is 29.8 Å². The van der Waals surface area contributed by atoms with Gasteiger partial charge in [-0.3, -0.25) is 4.79 Å². The summed E-state index contributed by atoms with van der Waals surface area (Å²) < 4.78 is 28.0. The minimum atomic E-state index is -3.76. The molecule has 7 heteroatoms. The van der Waals surface area contributed by atoms with Gasteiger partial charge in [0.05, 0.1) is 4.90 Å². The first-order valence-electron chi connectivity index (χ1n) is 7.56. The highest BCUT2D eigenvalue weighted by Crippen LogP contribution is 2.20. The van der Waals surface area contributed by atoms with Crippen LogP contribution in [0.25, 0.3) is 0 Å². The van der Waals surface area contributed by atoms with E-state index in [4.69, 9.17) is 5.73 Å². The van der Waals surface area contributed by atoms with Gasteiger partial charge >= 0.3 is 0 Å². The maximum Gasteiger partial charge on any atom is 0.253 e. The molecule has 0 radical (unpaired) electrons. The Morgan fingerprint density at radius 3 is 2.43 bits per heavy atom.